The fourth-order valence-corrected chi connectivity index (χ4v) is 2.49. The van der Waals surface area contributed by atoms with Crippen molar-refractivity contribution in [3.05, 3.63) is 22.4 Å². The van der Waals surface area contributed by atoms with E-state index >= 15 is 0 Å². The number of hydrogen-bond donors (Lipinski definition) is 2. The van der Waals surface area contributed by atoms with Crippen LogP contribution in [0.3, 0.4) is 0 Å². The molecule has 3 N–H and O–H groups in total. The monoisotopic (exact) mass is 235 g/mol. The molecule has 1 atom stereocenters. The Balaban J connectivity index is 2.33. The smallest absolute Gasteiger partial charge is 0.264 e. The van der Waals surface area contributed by atoms with Gasteiger partial charge >= 0.3 is 0 Å². The zero-order chi connectivity index (χ0) is 10.6. The second-order valence-corrected chi connectivity index (χ2v) is 5.72. The summed E-state index contributed by atoms with van der Waals surface area (Å²) >= 11 is 1.59. The Morgan fingerprint density at radius 2 is 2.29 bits per heavy atom. The van der Waals surface area contributed by atoms with Crippen LogP contribution in [0.1, 0.15) is 11.3 Å². The van der Waals surface area contributed by atoms with E-state index < -0.39 is 10.1 Å². The zero-order valence-electron chi connectivity index (χ0n) is 7.59. The summed E-state index contributed by atoms with van der Waals surface area (Å²) in [4.78, 5) is 1.13. The molecule has 0 saturated heterocycles. The summed E-state index contributed by atoms with van der Waals surface area (Å²) in [5.74, 6) is -0.264. The van der Waals surface area contributed by atoms with Gasteiger partial charge in [0.05, 0.1) is 5.75 Å². The van der Waals surface area contributed by atoms with Crippen LogP contribution >= 0.6 is 11.3 Å². The third-order valence-corrected chi connectivity index (χ3v) is 3.44. The Hall–Kier alpha value is -0.430. The highest BCUT2D eigenvalue weighted by molar-refractivity contribution is 7.85. The first-order chi connectivity index (χ1) is 6.47. The molecule has 0 spiro atoms. The second-order valence-electron chi connectivity index (χ2n) is 3.12. The van der Waals surface area contributed by atoms with Crippen molar-refractivity contribution in [1.82, 2.24) is 0 Å². The molecule has 1 heterocycles. The van der Waals surface area contributed by atoms with E-state index in [-0.39, 0.29) is 18.2 Å². The molecule has 4 nitrogen and oxygen atoms in total. The highest BCUT2D eigenvalue weighted by Gasteiger charge is 2.10. The van der Waals surface area contributed by atoms with Gasteiger partial charge in [-0.15, -0.1) is 11.3 Å². The first-order valence-corrected chi connectivity index (χ1v) is 6.69. The van der Waals surface area contributed by atoms with Crippen LogP contribution < -0.4 is 5.73 Å². The van der Waals surface area contributed by atoms with Gasteiger partial charge in [-0.1, -0.05) is 6.07 Å². The molecule has 0 saturated carbocycles. The van der Waals surface area contributed by atoms with Gasteiger partial charge in [0.2, 0.25) is 0 Å². The van der Waals surface area contributed by atoms with Crippen molar-refractivity contribution in [2.45, 2.75) is 18.9 Å². The maximum absolute atomic E-state index is 10.4. The minimum absolute atomic E-state index is 0.212. The normalized spacial score (nSPS) is 14.1. The molecule has 0 aliphatic carbocycles. The van der Waals surface area contributed by atoms with Crippen LogP contribution in [0.25, 0.3) is 0 Å². The summed E-state index contributed by atoms with van der Waals surface area (Å²) in [7, 11) is -3.87. The Labute approximate surface area is 87.5 Å². The van der Waals surface area contributed by atoms with E-state index in [1.807, 2.05) is 17.5 Å². The molecule has 0 aromatic carbocycles. The van der Waals surface area contributed by atoms with E-state index in [4.69, 9.17) is 10.3 Å². The molecular formula is C8H13NO3S2. The minimum Gasteiger partial charge on any atom is -0.327 e. The summed E-state index contributed by atoms with van der Waals surface area (Å²) in [6.45, 7) is 0. The maximum atomic E-state index is 10.4. The molecule has 1 aromatic heterocycles. The minimum atomic E-state index is -3.87. The molecule has 1 rings (SSSR count). The van der Waals surface area contributed by atoms with Crippen molar-refractivity contribution in [2.75, 3.05) is 5.75 Å². The van der Waals surface area contributed by atoms with Crippen molar-refractivity contribution in [2.24, 2.45) is 5.73 Å². The van der Waals surface area contributed by atoms with Gasteiger partial charge in [0.15, 0.2) is 0 Å². The Bertz CT molecular complexity index is 358. The van der Waals surface area contributed by atoms with Gasteiger partial charge in [-0.3, -0.25) is 4.55 Å². The standard InChI is InChI=1S/C8H13NO3S2/c9-7(3-5-14(10,11)12)6-8-2-1-4-13-8/h1-2,4,7H,3,5-6,9H2,(H,10,11,12)/t7-/m0/s1. The average molecular weight is 235 g/mol. The molecule has 0 radical (unpaired) electrons. The largest absolute Gasteiger partial charge is 0.327 e. The lowest BCUT2D eigenvalue weighted by Crippen LogP contribution is -2.25. The summed E-state index contributed by atoms with van der Waals surface area (Å²) < 4.78 is 29.4. The average Bonchev–Trinajstić information content (AvgIpc) is 2.52. The van der Waals surface area contributed by atoms with E-state index in [1.165, 1.54) is 0 Å². The van der Waals surface area contributed by atoms with Crippen LogP contribution in [-0.2, 0) is 16.5 Å². The summed E-state index contributed by atoms with van der Waals surface area (Å²) in [6, 6.07) is 3.67. The van der Waals surface area contributed by atoms with E-state index in [1.54, 1.807) is 11.3 Å². The van der Waals surface area contributed by atoms with Gasteiger partial charge in [-0.2, -0.15) is 8.42 Å². The summed E-state index contributed by atoms with van der Waals surface area (Å²) in [6.07, 6.45) is 0.948. The highest BCUT2D eigenvalue weighted by atomic mass is 32.2. The topological polar surface area (TPSA) is 80.4 Å². The maximum Gasteiger partial charge on any atom is 0.264 e. The molecular weight excluding hydrogens is 222 g/mol. The molecule has 0 unspecified atom stereocenters. The van der Waals surface area contributed by atoms with Crippen molar-refractivity contribution in [3.63, 3.8) is 0 Å². The summed E-state index contributed by atoms with van der Waals surface area (Å²) in [5, 5.41) is 1.95. The van der Waals surface area contributed by atoms with Gasteiger partial charge < -0.3 is 5.73 Å². The lowest BCUT2D eigenvalue weighted by molar-refractivity contribution is 0.476. The molecule has 80 valence electrons. The molecule has 1 aromatic rings. The fourth-order valence-electron chi connectivity index (χ4n) is 1.09. The third kappa shape index (κ3) is 4.71. The lowest BCUT2D eigenvalue weighted by atomic mass is 10.1. The van der Waals surface area contributed by atoms with Crippen LogP contribution in [0.2, 0.25) is 0 Å². The van der Waals surface area contributed by atoms with Gasteiger partial charge in [0.25, 0.3) is 10.1 Å². The lowest BCUT2D eigenvalue weighted by Gasteiger charge is -2.08. The Morgan fingerprint density at radius 3 is 2.79 bits per heavy atom. The molecule has 0 fully saturated rings. The van der Waals surface area contributed by atoms with E-state index in [0.717, 1.165) is 4.88 Å². The van der Waals surface area contributed by atoms with Crippen molar-refractivity contribution < 1.29 is 13.0 Å². The molecule has 0 aliphatic heterocycles. The fraction of sp³-hybridized carbons (Fsp3) is 0.500. The van der Waals surface area contributed by atoms with Crippen LogP contribution in [0, 0.1) is 0 Å². The summed E-state index contributed by atoms with van der Waals surface area (Å²) in [5.41, 5.74) is 5.70. The van der Waals surface area contributed by atoms with Gasteiger partial charge in [-0.25, -0.2) is 0 Å². The Kier molecular flexibility index (Phi) is 4.06. The predicted octanol–water partition coefficient (Wildman–Crippen LogP) is 0.896. The first kappa shape index (κ1) is 11.6. The molecule has 0 amide bonds. The number of rotatable bonds is 5. The van der Waals surface area contributed by atoms with Gasteiger partial charge in [0.1, 0.15) is 0 Å². The number of nitrogens with two attached hydrogens (primary N) is 1. The molecule has 6 heteroatoms. The molecule has 0 aliphatic rings. The number of thiophene rings is 1. The highest BCUT2D eigenvalue weighted by Crippen LogP contribution is 2.11. The second kappa shape index (κ2) is 4.88. The predicted molar refractivity (Wildman–Crippen MR) is 57.0 cm³/mol. The SMILES string of the molecule is N[C@@H](CCS(=O)(=O)O)Cc1cccs1. The Morgan fingerprint density at radius 1 is 1.57 bits per heavy atom. The van der Waals surface area contributed by atoms with Gasteiger partial charge in [-0.05, 0) is 24.3 Å². The van der Waals surface area contributed by atoms with E-state index in [2.05, 4.69) is 0 Å². The van der Waals surface area contributed by atoms with E-state index in [0.29, 0.717) is 6.42 Å². The van der Waals surface area contributed by atoms with Crippen LogP contribution in [-0.4, -0.2) is 24.8 Å². The zero-order valence-corrected chi connectivity index (χ0v) is 9.22. The quantitative estimate of drug-likeness (QED) is 0.743. The molecule has 14 heavy (non-hydrogen) atoms. The van der Waals surface area contributed by atoms with E-state index in [9.17, 15) is 8.42 Å². The number of hydrogen-bond acceptors (Lipinski definition) is 4. The third-order valence-electron chi connectivity index (χ3n) is 1.79. The molecule has 0 bridgehead atoms. The first-order valence-electron chi connectivity index (χ1n) is 4.20. The van der Waals surface area contributed by atoms with Crippen LogP contribution in [0.5, 0.6) is 0 Å². The van der Waals surface area contributed by atoms with Gasteiger partial charge in [0, 0.05) is 10.9 Å². The van der Waals surface area contributed by atoms with Crippen molar-refractivity contribution >= 4 is 21.5 Å². The van der Waals surface area contributed by atoms with Crippen LogP contribution in [0.4, 0.5) is 0 Å². The van der Waals surface area contributed by atoms with Crippen molar-refractivity contribution in [3.8, 4) is 0 Å². The van der Waals surface area contributed by atoms with Crippen molar-refractivity contribution in [1.29, 1.82) is 0 Å². The van der Waals surface area contributed by atoms with Crippen LogP contribution in [0.15, 0.2) is 17.5 Å².